The van der Waals surface area contributed by atoms with E-state index < -0.39 is 11.9 Å². The number of carbonyl (C=O) groups is 2. The number of hydrogen-bond acceptors (Lipinski definition) is 6. The molecule has 0 saturated heterocycles. The van der Waals surface area contributed by atoms with Crippen LogP contribution in [-0.4, -0.2) is 44.4 Å². The topological polar surface area (TPSA) is 122 Å². The number of fused-ring (bicyclic) bond motifs is 2. The van der Waals surface area contributed by atoms with Gasteiger partial charge in [-0.25, -0.2) is 9.78 Å². The first-order chi connectivity index (χ1) is 19.1. The first kappa shape index (κ1) is 29.1. The van der Waals surface area contributed by atoms with Gasteiger partial charge in [0.1, 0.15) is 11.3 Å². The smallest absolute Gasteiger partial charge is 0.338 e. The molecule has 0 amide bonds. The van der Waals surface area contributed by atoms with E-state index in [1.165, 1.54) is 0 Å². The second-order valence-corrected chi connectivity index (χ2v) is 10.7. The third-order valence-corrected chi connectivity index (χ3v) is 7.19. The van der Waals surface area contributed by atoms with Gasteiger partial charge >= 0.3 is 11.9 Å². The van der Waals surface area contributed by atoms with Crippen molar-refractivity contribution in [3.63, 3.8) is 0 Å². The summed E-state index contributed by atoms with van der Waals surface area (Å²) in [5.74, 6) is 0.167. The third kappa shape index (κ3) is 6.31. The Labute approximate surface area is 234 Å². The van der Waals surface area contributed by atoms with Gasteiger partial charge in [0.05, 0.1) is 30.0 Å². The number of carboxylic acid groups (broad SMARTS) is 1. The number of esters is 1. The third-order valence-electron chi connectivity index (χ3n) is 7.19. The minimum Gasteiger partial charge on any atom is -0.494 e. The normalized spacial score (nSPS) is 12.4. The number of carbonyl (C=O) groups excluding carboxylic acids is 1. The van der Waals surface area contributed by atoms with E-state index in [-0.39, 0.29) is 18.6 Å². The number of benzene rings is 2. The van der Waals surface area contributed by atoms with E-state index in [0.717, 1.165) is 65.7 Å². The van der Waals surface area contributed by atoms with E-state index >= 15 is 0 Å². The lowest BCUT2D eigenvalue weighted by molar-refractivity contribution is -0.137. The van der Waals surface area contributed by atoms with Crippen LogP contribution in [0.2, 0.25) is 0 Å². The summed E-state index contributed by atoms with van der Waals surface area (Å²) >= 11 is 0. The van der Waals surface area contributed by atoms with Crippen LogP contribution < -0.4 is 10.5 Å². The zero-order valence-electron chi connectivity index (χ0n) is 24.1. The molecule has 4 aromatic rings. The zero-order chi connectivity index (χ0) is 29.0. The van der Waals surface area contributed by atoms with Crippen molar-refractivity contribution >= 4 is 33.9 Å². The monoisotopic (exact) mass is 548 g/mol. The Kier molecular flexibility index (Phi) is 9.14. The van der Waals surface area contributed by atoms with Crippen molar-refractivity contribution < 1.29 is 24.2 Å². The Morgan fingerprint density at radius 3 is 2.42 bits per heavy atom. The highest BCUT2D eigenvalue weighted by Crippen LogP contribution is 2.35. The van der Waals surface area contributed by atoms with Gasteiger partial charge in [0.2, 0.25) is 0 Å². The summed E-state index contributed by atoms with van der Waals surface area (Å²) in [6.45, 7) is 6.40. The van der Waals surface area contributed by atoms with Gasteiger partial charge in [-0.1, -0.05) is 31.4 Å². The molecule has 2 aromatic heterocycles. The number of ether oxygens (including phenoxy) is 2. The minimum absolute atomic E-state index is 0.0885. The summed E-state index contributed by atoms with van der Waals surface area (Å²) in [6, 6.07) is 11.8. The zero-order valence-corrected chi connectivity index (χ0v) is 24.1. The van der Waals surface area contributed by atoms with E-state index in [1.807, 2.05) is 32.4 Å². The van der Waals surface area contributed by atoms with Gasteiger partial charge in [-0.15, -0.1) is 0 Å². The number of methoxy groups -OCH3 is 1. The molecule has 9 nitrogen and oxygen atoms in total. The van der Waals surface area contributed by atoms with E-state index in [9.17, 15) is 9.59 Å². The van der Waals surface area contributed by atoms with Gasteiger partial charge in [-0.3, -0.25) is 4.79 Å². The summed E-state index contributed by atoms with van der Waals surface area (Å²) in [5, 5.41) is 9.97. The number of hydrogen-bond donors (Lipinski definition) is 2. The molecule has 0 fully saturated rings. The lowest BCUT2D eigenvalue weighted by atomic mass is 10.1. The highest BCUT2D eigenvalue weighted by atomic mass is 16.5. The molecule has 3 N–H and O–H groups in total. The lowest BCUT2D eigenvalue weighted by Crippen LogP contribution is -2.11. The summed E-state index contributed by atoms with van der Waals surface area (Å²) in [7, 11) is 3.54. The van der Waals surface area contributed by atoms with Gasteiger partial charge in [0.25, 0.3) is 0 Å². The van der Waals surface area contributed by atoms with Crippen LogP contribution in [-0.2, 0) is 23.1 Å². The van der Waals surface area contributed by atoms with Crippen LogP contribution in [0.3, 0.4) is 0 Å². The minimum atomic E-state index is -0.739. The Morgan fingerprint density at radius 1 is 1.02 bits per heavy atom. The molecule has 2 aromatic carbocycles. The first-order valence-corrected chi connectivity index (χ1v) is 14.0. The number of imidazole rings is 1. The average molecular weight is 549 g/mol. The van der Waals surface area contributed by atoms with Gasteiger partial charge in [-0.2, -0.15) is 0 Å². The van der Waals surface area contributed by atoms with Gasteiger partial charge in [0.15, 0.2) is 5.82 Å². The molecular weight excluding hydrogens is 508 g/mol. The predicted molar refractivity (Wildman–Crippen MR) is 157 cm³/mol. The predicted octanol–water partition coefficient (Wildman–Crippen LogP) is 6.21. The Hall–Kier alpha value is -3.85. The van der Waals surface area contributed by atoms with Crippen molar-refractivity contribution in [1.29, 1.82) is 0 Å². The summed E-state index contributed by atoms with van der Waals surface area (Å²) in [4.78, 5) is 28.5. The van der Waals surface area contributed by atoms with E-state index in [0.29, 0.717) is 23.3 Å². The fourth-order valence-corrected chi connectivity index (χ4v) is 5.15. The van der Waals surface area contributed by atoms with Crippen molar-refractivity contribution in [2.45, 2.75) is 78.0 Å². The molecule has 0 saturated carbocycles. The van der Waals surface area contributed by atoms with E-state index in [4.69, 9.17) is 25.3 Å². The van der Waals surface area contributed by atoms with Crippen molar-refractivity contribution in [3.8, 4) is 17.3 Å². The van der Waals surface area contributed by atoms with Crippen LogP contribution in [0.1, 0.15) is 81.3 Å². The second kappa shape index (κ2) is 12.6. The first-order valence-electron chi connectivity index (χ1n) is 14.0. The number of aliphatic carboxylic acids is 1. The summed E-state index contributed by atoms with van der Waals surface area (Å²) in [5.41, 5.74) is 11.2. The summed E-state index contributed by atoms with van der Waals surface area (Å²) < 4.78 is 15.4. The van der Waals surface area contributed by atoms with Gasteiger partial charge in [0, 0.05) is 37.0 Å². The van der Waals surface area contributed by atoms with Crippen molar-refractivity contribution in [2.24, 2.45) is 12.8 Å². The molecule has 0 aliphatic carbocycles. The molecule has 1 unspecified atom stereocenters. The Balaban J connectivity index is 1.74. The van der Waals surface area contributed by atoms with Crippen LogP contribution >= 0.6 is 0 Å². The second-order valence-electron chi connectivity index (χ2n) is 10.7. The maximum atomic E-state index is 12.7. The number of carboxylic acids is 1. The van der Waals surface area contributed by atoms with Crippen molar-refractivity contribution in [1.82, 2.24) is 14.1 Å². The fraction of sp³-hybridized carbons (Fsp3) is 0.452. The molecule has 4 rings (SSSR count). The number of nitrogens with zero attached hydrogens (tertiary/aromatic N) is 3. The van der Waals surface area contributed by atoms with Crippen LogP contribution in [0.15, 0.2) is 36.4 Å². The lowest BCUT2D eigenvalue weighted by Gasteiger charge is -2.13. The number of rotatable bonds is 13. The molecule has 0 bridgehead atoms. The van der Waals surface area contributed by atoms with Gasteiger partial charge in [-0.05, 0) is 63.4 Å². The molecule has 0 aliphatic rings. The summed E-state index contributed by atoms with van der Waals surface area (Å²) in [6.07, 6.45) is 4.55. The van der Waals surface area contributed by atoms with E-state index in [1.54, 1.807) is 19.2 Å². The van der Waals surface area contributed by atoms with Crippen LogP contribution in [0, 0.1) is 0 Å². The standard InChI is InChI=1S/C31H40N4O5/c1-19(2)40-31(38)23-15-24-29(27(18-23)39-5)34(4)30(33-24)26-17-22-13-12-21(20(3)32)16-25(22)35(26)14-10-8-6-7-9-11-28(36)37/h12-13,15-20H,6-11,14,32H2,1-5H3,(H,36,37). The average Bonchev–Trinajstić information content (AvgIpc) is 3.43. The quantitative estimate of drug-likeness (QED) is 0.150. The molecule has 0 radical (unpaired) electrons. The number of aryl methyl sites for hydroxylation is 2. The highest BCUT2D eigenvalue weighted by molar-refractivity contribution is 5.97. The Morgan fingerprint density at radius 2 is 1.75 bits per heavy atom. The molecule has 9 heteroatoms. The molecule has 0 aliphatic heterocycles. The fourth-order valence-electron chi connectivity index (χ4n) is 5.15. The molecular formula is C31H40N4O5. The van der Waals surface area contributed by atoms with Crippen molar-refractivity contribution in [3.05, 3.63) is 47.5 Å². The SMILES string of the molecule is COc1cc(C(=O)OC(C)C)cc2nc(-c3cc4ccc(C(C)N)cc4n3CCCCCCCC(=O)O)n(C)c12. The maximum absolute atomic E-state index is 12.7. The largest absolute Gasteiger partial charge is 0.494 e. The van der Waals surface area contributed by atoms with Crippen LogP contribution in [0.4, 0.5) is 0 Å². The molecule has 0 spiro atoms. The number of unbranched alkanes of at least 4 members (excludes halogenated alkanes) is 4. The van der Waals surface area contributed by atoms with Crippen LogP contribution in [0.25, 0.3) is 33.5 Å². The van der Waals surface area contributed by atoms with E-state index in [2.05, 4.69) is 28.8 Å². The number of nitrogens with two attached hydrogens (primary N) is 1. The molecule has 1 atom stereocenters. The molecule has 40 heavy (non-hydrogen) atoms. The van der Waals surface area contributed by atoms with Crippen LogP contribution in [0.5, 0.6) is 5.75 Å². The highest BCUT2D eigenvalue weighted by Gasteiger charge is 2.22. The maximum Gasteiger partial charge on any atom is 0.338 e. The van der Waals surface area contributed by atoms with Gasteiger partial charge < -0.3 is 29.4 Å². The molecule has 2 heterocycles. The molecule has 214 valence electrons. The Bertz CT molecular complexity index is 1520. The van der Waals surface area contributed by atoms with Crippen molar-refractivity contribution in [2.75, 3.05) is 7.11 Å². The number of aromatic nitrogens is 3.